The normalized spacial score (nSPS) is 18.8. The van der Waals surface area contributed by atoms with Crippen molar-refractivity contribution in [3.05, 3.63) is 47.0 Å². The lowest BCUT2D eigenvalue weighted by atomic mass is 9.88. The SMILES string of the molecule is CCc1ccc(C#CC2=CCC(CC)CC2)cc1. The Morgan fingerprint density at radius 2 is 1.89 bits per heavy atom. The monoisotopic (exact) mass is 238 g/mol. The number of hydrogen-bond donors (Lipinski definition) is 0. The summed E-state index contributed by atoms with van der Waals surface area (Å²) in [5.74, 6) is 7.50. The summed E-state index contributed by atoms with van der Waals surface area (Å²) in [6.07, 6.45) is 8.43. The molecule has 0 saturated carbocycles. The molecular weight excluding hydrogens is 216 g/mol. The summed E-state index contributed by atoms with van der Waals surface area (Å²) < 4.78 is 0. The van der Waals surface area contributed by atoms with E-state index in [1.54, 1.807) is 0 Å². The van der Waals surface area contributed by atoms with E-state index in [1.807, 2.05) is 0 Å². The van der Waals surface area contributed by atoms with Crippen molar-refractivity contribution in [2.75, 3.05) is 0 Å². The third kappa shape index (κ3) is 3.50. The van der Waals surface area contributed by atoms with E-state index < -0.39 is 0 Å². The summed E-state index contributed by atoms with van der Waals surface area (Å²) in [4.78, 5) is 0. The molecule has 1 atom stereocenters. The maximum absolute atomic E-state index is 3.33. The predicted molar refractivity (Wildman–Crippen MR) is 78.4 cm³/mol. The fourth-order valence-electron chi connectivity index (χ4n) is 2.35. The fourth-order valence-corrected chi connectivity index (χ4v) is 2.35. The van der Waals surface area contributed by atoms with Gasteiger partial charge in [-0.15, -0.1) is 0 Å². The van der Waals surface area contributed by atoms with Crippen LogP contribution in [0.25, 0.3) is 0 Å². The van der Waals surface area contributed by atoms with Crippen molar-refractivity contribution in [3.8, 4) is 11.8 Å². The summed E-state index contributed by atoms with van der Waals surface area (Å²) in [5, 5.41) is 0. The highest BCUT2D eigenvalue weighted by molar-refractivity contribution is 5.42. The van der Waals surface area contributed by atoms with E-state index in [4.69, 9.17) is 0 Å². The molecule has 0 aliphatic heterocycles. The van der Waals surface area contributed by atoms with Crippen molar-refractivity contribution in [1.82, 2.24) is 0 Å². The van der Waals surface area contributed by atoms with E-state index in [0.717, 1.165) is 17.9 Å². The molecule has 0 heterocycles. The third-order valence-corrected chi connectivity index (χ3v) is 3.83. The second-order valence-corrected chi connectivity index (χ2v) is 5.08. The van der Waals surface area contributed by atoms with Gasteiger partial charge in [0, 0.05) is 5.56 Å². The number of hydrogen-bond acceptors (Lipinski definition) is 0. The Kier molecular flexibility index (Phi) is 4.65. The van der Waals surface area contributed by atoms with Crippen molar-refractivity contribution in [2.24, 2.45) is 5.92 Å². The van der Waals surface area contributed by atoms with Crippen LogP contribution in [0.3, 0.4) is 0 Å². The summed E-state index contributed by atoms with van der Waals surface area (Å²) in [5.41, 5.74) is 3.84. The fraction of sp³-hybridized carbons (Fsp3) is 0.444. The molecule has 1 aliphatic rings. The van der Waals surface area contributed by atoms with Gasteiger partial charge in [0.25, 0.3) is 0 Å². The minimum atomic E-state index is 0.888. The van der Waals surface area contributed by atoms with Crippen LogP contribution in [0.4, 0.5) is 0 Å². The summed E-state index contributed by atoms with van der Waals surface area (Å²) in [6.45, 7) is 4.46. The maximum Gasteiger partial charge on any atom is 0.0249 e. The molecule has 18 heavy (non-hydrogen) atoms. The second kappa shape index (κ2) is 6.45. The van der Waals surface area contributed by atoms with Crippen LogP contribution >= 0.6 is 0 Å². The van der Waals surface area contributed by atoms with Gasteiger partial charge in [-0.3, -0.25) is 0 Å². The third-order valence-electron chi connectivity index (χ3n) is 3.83. The topological polar surface area (TPSA) is 0 Å². The van der Waals surface area contributed by atoms with E-state index in [9.17, 15) is 0 Å². The first-order valence-electron chi connectivity index (χ1n) is 7.11. The van der Waals surface area contributed by atoms with Crippen LogP contribution in [-0.2, 0) is 6.42 Å². The largest absolute Gasteiger partial charge is 0.0726 e. The lowest BCUT2D eigenvalue weighted by Crippen LogP contribution is -2.03. The van der Waals surface area contributed by atoms with Gasteiger partial charge in [0.15, 0.2) is 0 Å². The first-order valence-corrected chi connectivity index (χ1v) is 7.11. The van der Waals surface area contributed by atoms with Crippen LogP contribution in [0.2, 0.25) is 0 Å². The van der Waals surface area contributed by atoms with E-state index >= 15 is 0 Å². The molecule has 1 aromatic rings. The molecule has 0 aromatic heterocycles. The van der Waals surface area contributed by atoms with Crippen molar-refractivity contribution < 1.29 is 0 Å². The van der Waals surface area contributed by atoms with E-state index in [1.165, 1.54) is 36.8 Å². The van der Waals surface area contributed by atoms with Crippen LogP contribution < -0.4 is 0 Å². The first kappa shape index (κ1) is 13.0. The maximum atomic E-state index is 3.33. The summed E-state index contributed by atoms with van der Waals surface area (Å²) in [6, 6.07) is 8.60. The Bertz CT molecular complexity index is 465. The van der Waals surface area contributed by atoms with Gasteiger partial charge in [-0.05, 0) is 54.9 Å². The molecule has 0 radical (unpaired) electrons. The van der Waals surface area contributed by atoms with Crippen molar-refractivity contribution in [1.29, 1.82) is 0 Å². The van der Waals surface area contributed by atoms with E-state index in [0.29, 0.717) is 0 Å². The highest BCUT2D eigenvalue weighted by Crippen LogP contribution is 2.25. The van der Waals surface area contributed by atoms with E-state index in [2.05, 4.69) is 56.0 Å². The average molecular weight is 238 g/mol. The molecule has 0 bridgehead atoms. The molecule has 2 rings (SSSR count). The van der Waals surface area contributed by atoms with Gasteiger partial charge in [0.2, 0.25) is 0 Å². The average Bonchev–Trinajstić information content (AvgIpc) is 2.46. The molecule has 0 spiro atoms. The zero-order chi connectivity index (χ0) is 12.8. The highest BCUT2D eigenvalue weighted by atomic mass is 14.2. The minimum Gasteiger partial charge on any atom is -0.0726 e. The molecule has 1 aliphatic carbocycles. The quantitative estimate of drug-likeness (QED) is 0.653. The van der Waals surface area contributed by atoms with Crippen molar-refractivity contribution >= 4 is 0 Å². The van der Waals surface area contributed by atoms with Crippen LogP contribution in [-0.4, -0.2) is 0 Å². The summed E-state index contributed by atoms with van der Waals surface area (Å²) in [7, 11) is 0. The number of aryl methyl sites for hydroxylation is 1. The first-order chi connectivity index (χ1) is 8.81. The van der Waals surface area contributed by atoms with Crippen molar-refractivity contribution in [2.45, 2.75) is 46.0 Å². The standard InChI is InChI=1S/C18H22/c1-3-15-5-9-17(10-6-15)13-14-18-11-7-16(4-2)8-12-18/h5-6,9-11,16H,3-4,7-8,12H2,1-2H3. The van der Waals surface area contributed by atoms with Crippen LogP contribution in [0.15, 0.2) is 35.9 Å². The van der Waals surface area contributed by atoms with Crippen molar-refractivity contribution in [3.63, 3.8) is 0 Å². The predicted octanol–water partition coefficient (Wildman–Crippen LogP) is 4.74. The molecular formula is C18H22. The summed E-state index contributed by atoms with van der Waals surface area (Å²) >= 11 is 0. The van der Waals surface area contributed by atoms with Crippen LogP contribution in [0.1, 0.15) is 50.7 Å². The zero-order valence-electron chi connectivity index (χ0n) is 11.5. The Balaban J connectivity index is 2.01. The molecule has 0 saturated heterocycles. The lowest BCUT2D eigenvalue weighted by molar-refractivity contribution is 0.460. The second-order valence-electron chi connectivity index (χ2n) is 5.08. The minimum absolute atomic E-state index is 0.888. The van der Waals surface area contributed by atoms with Gasteiger partial charge in [0.05, 0.1) is 0 Å². The lowest BCUT2D eigenvalue weighted by Gasteiger charge is -2.17. The van der Waals surface area contributed by atoms with Gasteiger partial charge in [0.1, 0.15) is 0 Å². The van der Waals surface area contributed by atoms with Gasteiger partial charge in [-0.2, -0.15) is 0 Å². The number of rotatable bonds is 2. The molecule has 94 valence electrons. The van der Waals surface area contributed by atoms with Gasteiger partial charge >= 0.3 is 0 Å². The molecule has 0 amide bonds. The van der Waals surface area contributed by atoms with E-state index in [-0.39, 0.29) is 0 Å². The number of allylic oxidation sites excluding steroid dienone is 2. The Morgan fingerprint density at radius 3 is 2.44 bits per heavy atom. The van der Waals surface area contributed by atoms with Crippen LogP contribution in [0, 0.1) is 17.8 Å². The Hall–Kier alpha value is -1.48. The highest BCUT2D eigenvalue weighted by Gasteiger charge is 2.10. The van der Waals surface area contributed by atoms with Crippen LogP contribution in [0.5, 0.6) is 0 Å². The van der Waals surface area contributed by atoms with Gasteiger partial charge in [-0.1, -0.05) is 50.3 Å². The molecule has 1 unspecified atom stereocenters. The zero-order valence-corrected chi connectivity index (χ0v) is 11.5. The molecule has 0 nitrogen and oxygen atoms in total. The molecule has 0 fully saturated rings. The molecule has 0 N–H and O–H groups in total. The van der Waals surface area contributed by atoms with Gasteiger partial charge < -0.3 is 0 Å². The Labute approximate surface area is 111 Å². The molecule has 1 aromatic carbocycles. The van der Waals surface area contributed by atoms with Gasteiger partial charge in [-0.25, -0.2) is 0 Å². The Morgan fingerprint density at radius 1 is 1.11 bits per heavy atom. The number of benzene rings is 1. The molecule has 0 heteroatoms. The smallest absolute Gasteiger partial charge is 0.0249 e.